The van der Waals surface area contributed by atoms with Gasteiger partial charge < -0.3 is 4.90 Å². The van der Waals surface area contributed by atoms with Crippen molar-refractivity contribution in [3.63, 3.8) is 0 Å². The fourth-order valence-corrected chi connectivity index (χ4v) is 4.20. The summed E-state index contributed by atoms with van der Waals surface area (Å²) in [4.78, 5) is 2.38. The van der Waals surface area contributed by atoms with Gasteiger partial charge in [-0.25, -0.2) is 0 Å². The highest BCUT2D eigenvalue weighted by Gasteiger charge is 2.19. The Labute approximate surface area is 161 Å². The van der Waals surface area contributed by atoms with Gasteiger partial charge in [0.1, 0.15) is 6.54 Å². The summed E-state index contributed by atoms with van der Waals surface area (Å²) in [6, 6.07) is 26.6. The van der Waals surface area contributed by atoms with Gasteiger partial charge in [0.2, 0.25) is 11.0 Å². The molecule has 0 N–H and O–H groups in total. The molecular formula is C25H27N2+. The number of hydrogen-bond acceptors (Lipinski definition) is 1. The topological polar surface area (TPSA) is 7.12 Å². The third-order valence-corrected chi connectivity index (χ3v) is 5.53. The van der Waals surface area contributed by atoms with E-state index in [1.54, 1.807) is 0 Å². The van der Waals surface area contributed by atoms with Crippen LogP contribution in [0.15, 0.2) is 72.8 Å². The van der Waals surface area contributed by atoms with Crippen molar-refractivity contribution in [1.82, 2.24) is 0 Å². The summed E-state index contributed by atoms with van der Waals surface area (Å²) < 4.78 is 2.42. The van der Waals surface area contributed by atoms with E-state index in [1.165, 1.54) is 38.6 Å². The lowest BCUT2D eigenvalue weighted by atomic mass is 9.95. The molecule has 0 spiro atoms. The maximum atomic E-state index is 2.42. The van der Waals surface area contributed by atoms with Crippen LogP contribution < -0.4 is 9.47 Å². The summed E-state index contributed by atoms with van der Waals surface area (Å²) in [5, 5.41) is 2.63. The zero-order valence-corrected chi connectivity index (χ0v) is 16.4. The van der Waals surface area contributed by atoms with Gasteiger partial charge in [0.05, 0.1) is 10.8 Å². The Hall–Kier alpha value is -2.87. The van der Waals surface area contributed by atoms with E-state index in [1.807, 2.05) is 0 Å². The van der Waals surface area contributed by atoms with Crippen LogP contribution >= 0.6 is 0 Å². The zero-order valence-electron chi connectivity index (χ0n) is 16.4. The van der Waals surface area contributed by atoms with Crippen molar-refractivity contribution in [1.29, 1.82) is 0 Å². The third-order valence-electron chi connectivity index (χ3n) is 5.53. The SMILES string of the molecule is CCN(CC)c1ccc(-c2c3ccccc3[n+](CC)c3ccccc23)cc1. The molecule has 0 aliphatic heterocycles. The number of aryl methyl sites for hydroxylation is 1. The van der Waals surface area contributed by atoms with Crippen molar-refractivity contribution in [2.24, 2.45) is 0 Å². The first-order valence-corrected chi connectivity index (χ1v) is 9.97. The predicted octanol–water partition coefficient (Wildman–Crippen LogP) is 5.81. The van der Waals surface area contributed by atoms with Crippen molar-refractivity contribution in [3.05, 3.63) is 72.8 Å². The second-order valence-corrected chi connectivity index (χ2v) is 6.87. The normalized spacial score (nSPS) is 11.2. The Morgan fingerprint density at radius 3 is 1.67 bits per heavy atom. The largest absolute Gasteiger partial charge is 0.372 e. The molecule has 0 aliphatic rings. The summed E-state index contributed by atoms with van der Waals surface area (Å²) >= 11 is 0. The lowest BCUT2D eigenvalue weighted by molar-refractivity contribution is -0.641. The van der Waals surface area contributed by atoms with Gasteiger partial charge in [0, 0.05) is 36.5 Å². The first-order chi connectivity index (χ1) is 13.3. The highest BCUT2D eigenvalue weighted by atomic mass is 15.1. The van der Waals surface area contributed by atoms with Gasteiger partial charge in [0.15, 0.2) is 0 Å². The maximum absolute atomic E-state index is 2.42. The van der Waals surface area contributed by atoms with Gasteiger partial charge in [-0.2, -0.15) is 4.57 Å². The monoisotopic (exact) mass is 355 g/mol. The molecule has 2 heteroatoms. The first kappa shape index (κ1) is 17.5. The molecule has 0 amide bonds. The van der Waals surface area contributed by atoms with E-state index in [-0.39, 0.29) is 0 Å². The van der Waals surface area contributed by atoms with E-state index in [4.69, 9.17) is 0 Å². The molecule has 0 radical (unpaired) electrons. The van der Waals surface area contributed by atoms with Gasteiger partial charge in [-0.05, 0) is 50.6 Å². The van der Waals surface area contributed by atoms with Crippen LogP contribution in [-0.2, 0) is 6.54 Å². The number of benzene rings is 3. The third kappa shape index (κ3) is 2.95. The number of nitrogens with zero attached hydrogens (tertiary/aromatic N) is 2. The van der Waals surface area contributed by atoms with E-state index < -0.39 is 0 Å². The molecule has 2 nitrogen and oxygen atoms in total. The molecule has 4 aromatic rings. The minimum atomic E-state index is 0.961. The van der Waals surface area contributed by atoms with Crippen LogP contribution in [0.1, 0.15) is 20.8 Å². The van der Waals surface area contributed by atoms with Gasteiger partial charge in [-0.3, -0.25) is 0 Å². The van der Waals surface area contributed by atoms with Crippen LogP contribution in [0.5, 0.6) is 0 Å². The summed E-state index contributed by atoms with van der Waals surface area (Å²) in [5.41, 5.74) is 6.48. The Balaban J connectivity index is 2.01. The molecule has 0 fully saturated rings. The quantitative estimate of drug-likeness (QED) is 0.323. The number of fused-ring (bicyclic) bond motifs is 2. The molecule has 0 aliphatic carbocycles. The second kappa shape index (κ2) is 7.40. The smallest absolute Gasteiger partial charge is 0.213 e. The lowest BCUT2D eigenvalue weighted by Crippen LogP contribution is -2.34. The average Bonchev–Trinajstić information content (AvgIpc) is 2.73. The molecular weight excluding hydrogens is 328 g/mol. The van der Waals surface area contributed by atoms with Gasteiger partial charge in [-0.15, -0.1) is 0 Å². The molecule has 0 bridgehead atoms. The molecule has 1 aromatic heterocycles. The molecule has 0 saturated heterocycles. The molecule has 3 aromatic carbocycles. The van der Waals surface area contributed by atoms with Crippen molar-refractivity contribution in [3.8, 4) is 11.1 Å². The summed E-state index contributed by atoms with van der Waals surface area (Å²) in [7, 11) is 0. The van der Waals surface area contributed by atoms with Crippen molar-refractivity contribution < 1.29 is 4.57 Å². The number of rotatable bonds is 5. The van der Waals surface area contributed by atoms with Crippen LogP contribution in [0.4, 0.5) is 5.69 Å². The number of pyridine rings is 1. The van der Waals surface area contributed by atoms with Crippen LogP contribution in [0, 0.1) is 0 Å². The van der Waals surface area contributed by atoms with Gasteiger partial charge in [-0.1, -0.05) is 36.4 Å². The van der Waals surface area contributed by atoms with E-state index in [0.29, 0.717) is 0 Å². The Morgan fingerprint density at radius 2 is 1.19 bits per heavy atom. The van der Waals surface area contributed by atoms with Crippen molar-refractivity contribution >= 4 is 27.5 Å². The molecule has 1 heterocycles. The molecule has 0 atom stereocenters. The van der Waals surface area contributed by atoms with Crippen molar-refractivity contribution in [2.75, 3.05) is 18.0 Å². The highest BCUT2D eigenvalue weighted by molar-refractivity contribution is 6.07. The second-order valence-electron chi connectivity index (χ2n) is 6.87. The molecule has 136 valence electrons. The first-order valence-electron chi connectivity index (χ1n) is 9.97. The van der Waals surface area contributed by atoms with Gasteiger partial charge >= 0.3 is 0 Å². The fourth-order valence-electron chi connectivity index (χ4n) is 4.20. The highest BCUT2D eigenvalue weighted by Crippen LogP contribution is 2.34. The molecule has 0 unspecified atom stereocenters. The fraction of sp³-hybridized carbons (Fsp3) is 0.240. The summed E-state index contributed by atoms with van der Waals surface area (Å²) in [5.74, 6) is 0. The number of hydrogen-bond donors (Lipinski definition) is 0. The van der Waals surface area contributed by atoms with Gasteiger partial charge in [0.25, 0.3) is 0 Å². The maximum Gasteiger partial charge on any atom is 0.213 e. The number of anilines is 1. The number of aromatic nitrogens is 1. The lowest BCUT2D eigenvalue weighted by Gasteiger charge is -2.21. The number of para-hydroxylation sites is 2. The van der Waals surface area contributed by atoms with E-state index in [2.05, 4.69) is 103 Å². The molecule has 27 heavy (non-hydrogen) atoms. The minimum Gasteiger partial charge on any atom is -0.372 e. The summed E-state index contributed by atoms with van der Waals surface area (Å²) in [6.07, 6.45) is 0. The van der Waals surface area contributed by atoms with Crippen LogP contribution in [-0.4, -0.2) is 13.1 Å². The van der Waals surface area contributed by atoms with Crippen LogP contribution in [0.3, 0.4) is 0 Å². The van der Waals surface area contributed by atoms with E-state index in [9.17, 15) is 0 Å². The van der Waals surface area contributed by atoms with Crippen LogP contribution in [0.2, 0.25) is 0 Å². The summed E-state index contributed by atoms with van der Waals surface area (Å²) in [6.45, 7) is 9.66. The zero-order chi connectivity index (χ0) is 18.8. The Morgan fingerprint density at radius 1 is 0.667 bits per heavy atom. The minimum absolute atomic E-state index is 0.961. The molecule has 4 rings (SSSR count). The molecule has 0 saturated carbocycles. The standard InChI is InChI=1S/C25H27N2/c1-4-26(5-2)20-17-15-19(16-18-20)25-21-11-7-9-13-23(21)27(6-3)24-14-10-8-12-22(24)25/h7-18H,4-6H2,1-3H3/q+1. The van der Waals surface area contributed by atoms with E-state index >= 15 is 0 Å². The Kier molecular flexibility index (Phi) is 4.81. The van der Waals surface area contributed by atoms with E-state index in [0.717, 1.165) is 19.6 Å². The Bertz CT molecular complexity index is 1020. The van der Waals surface area contributed by atoms with Crippen LogP contribution in [0.25, 0.3) is 32.9 Å². The average molecular weight is 356 g/mol. The predicted molar refractivity (Wildman–Crippen MR) is 116 cm³/mol. The van der Waals surface area contributed by atoms with Crippen molar-refractivity contribution in [2.45, 2.75) is 27.3 Å².